The molecule has 0 bridgehead atoms. The molecule has 146 valence electrons. The molecule has 0 radical (unpaired) electrons. The molecule has 0 saturated heterocycles. The Hall–Kier alpha value is -1.74. The molecule has 29 heavy (non-hydrogen) atoms. The van der Waals surface area contributed by atoms with E-state index in [0.717, 1.165) is 0 Å². The van der Waals surface area contributed by atoms with E-state index < -0.39 is 19.1 Å². The van der Waals surface area contributed by atoms with Gasteiger partial charge in [0.1, 0.15) is 5.02 Å². The zero-order valence-electron chi connectivity index (χ0n) is 14.9. The Labute approximate surface area is 188 Å². The summed E-state index contributed by atoms with van der Waals surface area (Å²) in [5.41, 5.74) is 0.427. The lowest BCUT2D eigenvalue weighted by atomic mass is 10.0. The maximum Gasteiger partial charge on any atom is 0.461 e. The molecule has 0 N–H and O–H groups in total. The Kier molecular flexibility index (Phi) is 6.78. The average Bonchev–Trinajstić information content (AvgIpc) is 2.70. The molecular weight excluding hydrogens is 473 g/mol. The summed E-state index contributed by atoms with van der Waals surface area (Å²) in [6.07, 6.45) is 0. The van der Waals surface area contributed by atoms with Crippen LogP contribution in [0, 0.1) is 6.92 Å². The monoisotopic (exact) mass is 483 g/mol. The molecule has 8 heteroatoms. The van der Waals surface area contributed by atoms with Gasteiger partial charge in [0.2, 0.25) is 5.30 Å². The van der Waals surface area contributed by atoms with Crippen LogP contribution in [0.5, 0.6) is 0 Å². The van der Waals surface area contributed by atoms with Crippen molar-refractivity contribution in [3.8, 4) is 0 Å². The lowest BCUT2D eigenvalue weighted by molar-refractivity contribution is 0.103. The van der Waals surface area contributed by atoms with Crippen LogP contribution in [0.15, 0.2) is 54.6 Å². The number of carbonyl (C=O) groups excluding carboxylic acids is 2. The van der Waals surface area contributed by atoms with Crippen molar-refractivity contribution < 1.29 is 14.2 Å². The number of benzene rings is 3. The molecule has 0 aromatic heterocycles. The van der Waals surface area contributed by atoms with Crippen molar-refractivity contribution in [2.24, 2.45) is 0 Å². The van der Waals surface area contributed by atoms with Gasteiger partial charge in [-0.3, -0.25) is 4.79 Å². The van der Waals surface area contributed by atoms with Gasteiger partial charge in [-0.15, -0.1) is 0 Å². The fraction of sp³-hybridized carbons (Fsp3) is 0.0476. The van der Waals surface area contributed by atoms with Gasteiger partial charge in [-0.25, -0.2) is 4.79 Å². The smallest absolute Gasteiger partial charge is 0.289 e. The molecule has 0 aliphatic rings. The van der Waals surface area contributed by atoms with E-state index in [4.69, 9.17) is 46.4 Å². The van der Waals surface area contributed by atoms with Crippen molar-refractivity contribution in [2.45, 2.75) is 6.92 Å². The van der Waals surface area contributed by atoms with Crippen molar-refractivity contribution >= 4 is 70.8 Å². The van der Waals surface area contributed by atoms with E-state index in [9.17, 15) is 14.2 Å². The third-order valence-corrected chi connectivity index (χ3v) is 7.45. The molecule has 1 atom stereocenters. The normalized spacial score (nSPS) is 11.3. The van der Waals surface area contributed by atoms with Crippen molar-refractivity contribution in [3.05, 3.63) is 96.9 Å². The maximum atomic E-state index is 13.0. The van der Waals surface area contributed by atoms with Crippen LogP contribution < -0.4 is 5.30 Å². The molecule has 0 amide bonds. The van der Waals surface area contributed by atoms with E-state index in [2.05, 4.69) is 0 Å². The zero-order valence-corrected chi connectivity index (χ0v) is 18.8. The summed E-state index contributed by atoms with van der Waals surface area (Å²) in [7, 11) is -2.72. The summed E-state index contributed by atoms with van der Waals surface area (Å²) in [5.74, 6) is -0.394. The Morgan fingerprint density at radius 1 is 0.828 bits per heavy atom. The van der Waals surface area contributed by atoms with E-state index in [-0.39, 0.29) is 36.5 Å². The van der Waals surface area contributed by atoms with E-state index in [1.54, 1.807) is 49.4 Å². The van der Waals surface area contributed by atoms with Crippen LogP contribution in [0.4, 0.5) is 0 Å². The first-order valence-electron chi connectivity index (χ1n) is 8.28. The van der Waals surface area contributed by atoms with Gasteiger partial charge in [-0.05, 0) is 24.6 Å². The molecule has 0 heterocycles. The molecule has 3 aromatic rings. The van der Waals surface area contributed by atoms with Crippen LogP contribution in [-0.4, -0.2) is 11.3 Å². The summed E-state index contributed by atoms with van der Waals surface area (Å²) in [6, 6.07) is 14.6. The minimum absolute atomic E-state index is 0.0568. The summed E-state index contributed by atoms with van der Waals surface area (Å²) in [6.45, 7) is 1.68. The summed E-state index contributed by atoms with van der Waals surface area (Å²) in [4.78, 5) is 25.6. The van der Waals surface area contributed by atoms with E-state index >= 15 is 0 Å². The minimum Gasteiger partial charge on any atom is -0.289 e. The van der Waals surface area contributed by atoms with E-state index in [1.165, 1.54) is 12.1 Å². The van der Waals surface area contributed by atoms with E-state index in [0.29, 0.717) is 11.1 Å². The van der Waals surface area contributed by atoms with Crippen molar-refractivity contribution in [2.75, 3.05) is 0 Å². The molecule has 0 aliphatic carbocycles. The number of halogens is 4. The van der Waals surface area contributed by atoms with Crippen molar-refractivity contribution in [1.29, 1.82) is 0 Å². The van der Waals surface area contributed by atoms with Crippen molar-refractivity contribution in [1.82, 2.24) is 0 Å². The van der Waals surface area contributed by atoms with E-state index in [1.807, 2.05) is 0 Å². The molecule has 0 spiro atoms. The second-order valence-electron chi connectivity index (χ2n) is 6.11. The largest absolute Gasteiger partial charge is 0.461 e. The van der Waals surface area contributed by atoms with Gasteiger partial charge < -0.3 is 0 Å². The molecule has 0 fully saturated rings. The average molecular weight is 485 g/mol. The highest BCUT2D eigenvalue weighted by molar-refractivity contribution is 7.72. The van der Waals surface area contributed by atoms with Gasteiger partial charge in [0.05, 0.1) is 20.6 Å². The van der Waals surface area contributed by atoms with Gasteiger partial charge in [0.15, 0.2) is 5.78 Å². The fourth-order valence-corrected chi connectivity index (χ4v) is 5.63. The van der Waals surface area contributed by atoms with Gasteiger partial charge in [-0.2, -0.15) is 0 Å². The van der Waals surface area contributed by atoms with Gasteiger partial charge in [0, 0.05) is 11.1 Å². The summed E-state index contributed by atoms with van der Waals surface area (Å²) >= 11 is 25.0. The lowest BCUT2D eigenvalue weighted by Gasteiger charge is -2.08. The molecule has 0 saturated carbocycles. The SMILES string of the molecule is Cc1cccc(Cl)c1C(=O)[P+](=O)c1c(Cl)cc(C(=O)c2ccccc2)c(Cl)c1Cl. The highest BCUT2D eigenvalue weighted by atomic mass is 35.5. The maximum absolute atomic E-state index is 13.0. The highest BCUT2D eigenvalue weighted by Crippen LogP contribution is 2.40. The predicted octanol–water partition coefficient (Wildman–Crippen LogP) is 7.13. The molecular formula is C21H12Cl4O3P+. The first kappa shape index (κ1) is 22.0. The molecule has 3 rings (SSSR count). The van der Waals surface area contributed by atoms with Gasteiger partial charge in [0.25, 0.3) is 0 Å². The van der Waals surface area contributed by atoms with Crippen LogP contribution in [0.1, 0.15) is 31.8 Å². The number of rotatable bonds is 5. The number of hydrogen-bond acceptors (Lipinski definition) is 3. The highest BCUT2D eigenvalue weighted by Gasteiger charge is 2.41. The Bertz CT molecular complexity index is 1140. The topological polar surface area (TPSA) is 51.2 Å². The Balaban J connectivity index is 2.08. The van der Waals surface area contributed by atoms with Gasteiger partial charge >= 0.3 is 13.3 Å². The van der Waals surface area contributed by atoms with Crippen LogP contribution in [0.25, 0.3) is 0 Å². The van der Waals surface area contributed by atoms with Gasteiger partial charge in [-0.1, -0.05) is 93.4 Å². The first-order valence-corrected chi connectivity index (χ1v) is 11.0. The molecule has 0 aliphatic heterocycles. The first-order chi connectivity index (χ1) is 13.7. The number of hydrogen-bond donors (Lipinski definition) is 0. The second-order valence-corrected chi connectivity index (χ2v) is 9.12. The Morgan fingerprint density at radius 2 is 1.48 bits per heavy atom. The Morgan fingerprint density at radius 3 is 2.10 bits per heavy atom. The number of carbonyl (C=O) groups is 2. The van der Waals surface area contributed by atoms with Crippen LogP contribution in [-0.2, 0) is 4.57 Å². The van der Waals surface area contributed by atoms with Crippen LogP contribution >= 0.6 is 54.2 Å². The third-order valence-electron chi connectivity index (χ3n) is 4.24. The second kappa shape index (κ2) is 8.95. The number of aryl methyl sites for hydroxylation is 1. The molecule has 1 unspecified atom stereocenters. The fourth-order valence-electron chi connectivity index (χ4n) is 2.79. The predicted molar refractivity (Wildman–Crippen MR) is 119 cm³/mol. The summed E-state index contributed by atoms with van der Waals surface area (Å²) in [5, 5.41) is -0.350. The molecule has 3 aromatic carbocycles. The zero-order chi connectivity index (χ0) is 21.3. The minimum atomic E-state index is -2.72. The van der Waals surface area contributed by atoms with Crippen molar-refractivity contribution in [3.63, 3.8) is 0 Å². The standard InChI is InChI=1S/C21H12Cl4O3P/c1-11-6-5-9-14(22)16(11)21(27)29(28)20-15(23)10-13(17(24)18(20)25)19(26)12-7-3-2-4-8-12/h2-10H,1H3/q+1. The molecule has 3 nitrogen and oxygen atoms in total. The number of ketones is 1. The van der Waals surface area contributed by atoms with Crippen LogP contribution in [0.3, 0.4) is 0 Å². The third kappa shape index (κ3) is 4.26. The quantitative estimate of drug-likeness (QED) is 0.220. The summed E-state index contributed by atoms with van der Waals surface area (Å²) < 4.78 is 13.0. The lowest BCUT2D eigenvalue weighted by Crippen LogP contribution is -2.12. The van der Waals surface area contributed by atoms with Crippen LogP contribution in [0.2, 0.25) is 20.1 Å².